The van der Waals surface area contributed by atoms with Crippen LogP contribution < -0.4 is 5.32 Å². The second-order valence-electron chi connectivity index (χ2n) is 3.77. The summed E-state index contributed by atoms with van der Waals surface area (Å²) in [6.07, 6.45) is 5.82. The van der Waals surface area contributed by atoms with E-state index in [0.717, 1.165) is 6.42 Å². The van der Waals surface area contributed by atoms with E-state index in [1.165, 1.54) is 23.9 Å². The molecule has 92 valence electrons. The summed E-state index contributed by atoms with van der Waals surface area (Å²) < 4.78 is 0. The summed E-state index contributed by atoms with van der Waals surface area (Å²) in [5.74, 6) is -0.376. The highest BCUT2D eigenvalue weighted by Crippen LogP contribution is 2.07. The molecule has 0 amide bonds. The van der Waals surface area contributed by atoms with E-state index >= 15 is 0 Å². The summed E-state index contributed by atoms with van der Waals surface area (Å²) in [5, 5.41) is 11.9. The standard InChI is InChI=1S/C13H13N3O2/c17-13(18)11-4-8-16-12(9-11)15-7-3-10-1-5-14-6-2-10/h1-2,4-6,8-9H,3,7H2,(H,15,16)(H,17,18). The number of nitrogens with zero attached hydrogens (tertiary/aromatic N) is 2. The fourth-order valence-corrected chi connectivity index (χ4v) is 1.54. The molecule has 0 saturated carbocycles. The van der Waals surface area contributed by atoms with Crippen molar-refractivity contribution >= 4 is 11.8 Å². The van der Waals surface area contributed by atoms with Crippen LogP contribution in [0.4, 0.5) is 5.82 Å². The number of aromatic nitrogens is 2. The molecule has 0 aliphatic rings. The zero-order valence-electron chi connectivity index (χ0n) is 9.71. The Morgan fingerprint density at radius 2 is 2.00 bits per heavy atom. The van der Waals surface area contributed by atoms with Gasteiger partial charge in [-0.2, -0.15) is 0 Å². The number of anilines is 1. The topological polar surface area (TPSA) is 75.1 Å². The number of pyridine rings is 2. The molecule has 2 N–H and O–H groups in total. The molecule has 2 aromatic rings. The zero-order chi connectivity index (χ0) is 12.8. The van der Waals surface area contributed by atoms with Gasteiger partial charge in [0.1, 0.15) is 5.82 Å². The van der Waals surface area contributed by atoms with Crippen molar-refractivity contribution in [2.45, 2.75) is 6.42 Å². The molecule has 0 radical (unpaired) electrons. The summed E-state index contributed by atoms with van der Waals surface area (Å²) in [4.78, 5) is 18.8. The lowest BCUT2D eigenvalue weighted by atomic mass is 10.2. The number of carboxylic acids is 1. The minimum absolute atomic E-state index is 0.233. The van der Waals surface area contributed by atoms with Crippen LogP contribution in [-0.2, 0) is 6.42 Å². The Balaban J connectivity index is 1.90. The molecular weight excluding hydrogens is 230 g/mol. The lowest BCUT2D eigenvalue weighted by Gasteiger charge is -2.05. The SMILES string of the molecule is O=C(O)c1ccnc(NCCc2ccncc2)c1. The molecule has 2 aromatic heterocycles. The van der Waals surface area contributed by atoms with E-state index in [4.69, 9.17) is 5.11 Å². The molecule has 0 fully saturated rings. The lowest BCUT2D eigenvalue weighted by molar-refractivity contribution is 0.0697. The Labute approximate surface area is 105 Å². The molecule has 0 saturated heterocycles. The van der Waals surface area contributed by atoms with Gasteiger partial charge in [-0.15, -0.1) is 0 Å². The van der Waals surface area contributed by atoms with Gasteiger partial charge in [0.15, 0.2) is 0 Å². The third kappa shape index (κ3) is 3.28. The van der Waals surface area contributed by atoms with Gasteiger partial charge in [0, 0.05) is 25.1 Å². The van der Waals surface area contributed by atoms with Crippen molar-refractivity contribution in [2.24, 2.45) is 0 Å². The lowest BCUT2D eigenvalue weighted by Crippen LogP contribution is -2.07. The molecule has 0 spiro atoms. The second-order valence-corrected chi connectivity index (χ2v) is 3.77. The molecule has 2 heterocycles. The molecule has 5 heteroatoms. The largest absolute Gasteiger partial charge is 0.478 e. The van der Waals surface area contributed by atoms with Gasteiger partial charge in [-0.05, 0) is 36.2 Å². The van der Waals surface area contributed by atoms with Crippen molar-refractivity contribution in [1.29, 1.82) is 0 Å². The summed E-state index contributed by atoms with van der Waals surface area (Å²) in [5.41, 5.74) is 1.41. The quantitative estimate of drug-likeness (QED) is 0.838. The van der Waals surface area contributed by atoms with Crippen molar-refractivity contribution in [3.8, 4) is 0 Å². The van der Waals surface area contributed by atoms with Gasteiger partial charge in [0.2, 0.25) is 0 Å². The van der Waals surface area contributed by atoms with Crippen LogP contribution in [0.3, 0.4) is 0 Å². The predicted molar refractivity (Wildman–Crippen MR) is 67.6 cm³/mol. The molecule has 2 rings (SSSR count). The van der Waals surface area contributed by atoms with E-state index < -0.39 is 5.97 Å². The van der Waals surface area contributed by atoms with E-state index in [-0.39, 0.29) is 5.56 Å². The number of nitrogens with one attached hydrogen (secondary N) is 1. The maximum atomic E-state index is 10.8. The molecule has 5 nitrogen and oxygen atoms in total. The summed E-state index contributed by atoms with van der Waals surface area (Å²) >= 11 is 0. The van der Waals surface area contributed by atoms with Crippen LogP contribution in [0.1, 0.15) is 15.9 Å². The predicted octanol–water partition coefficient (Wildman–Crippen LogP) is 1.83. The first-order chi connectivity index (χ1) is 8.75. The molecule has 0 aromatic carbocycles. The minimum atomic E-state index is -0.949. The first kappa shape index (κ1) is 12.0. The monoisotopic (exact) mass is 243 g/mol. The van der Waals surface area contributed by atoms with E-state index in [1.54, 1.807) is 12.4 Å². The van der Waals surface area contributed by atoms with Gasteiger partial charge in [-0.1, -0.05) is 0 Å². The molecule has 18 heavy (non-hydrogen) atoms. The third-order valence-electron chi connectivity index (χ3n) is 2.48. The molecule has 0 aliphatic heterocycles. The van der Waals surface area contributed by atoms with Crippen molar-refractivity contribution in [2.75, 3.05) is 11.9 Å². The van der Waals surface area contributed by atoms with Crippen molar-refractivity contribution in [1.82, 2.24) is 9.97 Å². The number of carbonyl (C=O) groups is 1. The number of hydrogen-bond acceptors (Lipinski definition) is 4. The Morgan fingerprint density at radius 1 is 1.22 bits per heavy atom. The average molecular weight is 243 g/mol. The van der Waals surface area contributed by atoms with Crippen LogP contribution >= 0.6 is 0 Å². The molecule has 0 atom stereocenters. The van der Waals surface area contributed by atoms with Crippen LogP contribution in [0.5, 0.6) is 0 Å². The van der Waals surface area contributed by atoms with E-state index in [9.17, 15) is 4.79 Å². The number of aromatic carboxylic acids is 1. The highest BCUT2D eigenvalue weighted by atomic mass is 16.4. The maximum absolute atomic E-state index is 10.8. The van der Waals surface area contributed by atoms with Gasteiger partial charge in [0.05, 0.1) is 5.56 Å². The number of carboxylic acid groups (broad SMARTS) is 1. The molecule has 0 unspecified atom stereocenters. The first-order valence-electron chi connectivity index (χ1n) is 5.58. The summed E-state index contributed by atoms with van der Waals surface area (Å²) in [6, 6.07) is 6.89. The van der Waals surface area contributed by atoms with Gasteiger partial charge in [0.25, 0.3) is 0 Å². The maximum Gasteiger partial charge on any atom is 0.335 e. The summed E-state index contributed by atoms with van der Waals surface area (Å²) in [6.45, 7) is 0.695. The van der Waals surface area contributed by atoms with Gasteiger partial charge >= 0.3 is 5.97 Å². The molecular formula is C13H13N3O2. The average Bonchev–Trinajstić information content (AvgIpc) is 2.40. The zero-order valence-corrected chi connectivity index (χ0v) is 9.71. The van der Waals surface area contributed by atoms with Gasteiger partial charge in [-0.25, -0.2) is 9.78 Å². The Hall–Kier alpha value is -2.43. The van der Waals surface area contributed by atoms with Crippen LogP contribution in [0, 0.1) is 0 Å². The van der Waals surface area contributed by atoms with Gasteiger partial charge < -0.3 is 10.4 Å². The second kappa shape index (κ2) is 5.77. The van der Waals surface area contributed by atoms with Crippen LogP contribution in [0.15, 0.2) is 42.9 Å². The van der Waals surface area contributed by atoms with E-state index in [2.05, 4.69) is 15.3 Å². The van der Waals surface area contributed by atoms with Crippen molar-refractivity contribution < 1.29 is 9.90 Å². The van der Waals surface area contributed by atoms with E-state index in [0.29, 0.717) is 12.4 Å². The highest BCUT2D eigenvalue weighted by molar-refractivity contribution is 5.88. The van der Waals surface area contributed by atoms with Gasteiger partial charge in [-0.3, -0.25) is 4.98 Å². The third-order valence-corrected chi connectivity index (χ3v) is 2.48. The van der Waals surface area contributed by atoms with Crippen LogP contribution in [-0.4, -0.2) is 27.6 Å². The molecule has 0 aliphatic carbocycles. The van der Waals surface area contributed by atoms with Crippen LogP contribution in [0.2, 0.25) is 0 Å². The minimum Gasteiger partial charge on any atom is -0.478 e. The Morgan fingerprint density at radius 3 is 2.72 bits per heavy atom. The Bertz CT molecular complexity index is 529. The van der Waals surface area contributed by atoms with Crippen LogP contribution in [0.25, 0.3) is 0 Å². The smallest absolute Gasteiger partial charge is 0.335 e. The number of rotatable bonds is 5. The first-order valence-corrected chi connectivity index (χ1v) is 5.58. The normalized spacial score (nSPS) is 10.0. The fourth-order valence-electron chi connectivity index (χ4n) is 1.54. The van der Waals surface area contributed by atoms with E-state index in [1.807, 2.05) is 12.1 Å². The fraction of sp³-hybridized carbons (Fsp3) is 0.154. The molecule has 0 bridgehead atoms. The van der Waals surface area contributed by atoms with Crippen molar-refractivity contribution in [3.63, 3.8) is 0 Å². The summed E-state index contributed by atoms with van der Waals surface area (Å²) in [7, 11) is 0. The highest BCUT2D eigenvalue weighted by Gasteiger charge is 2.03. The Kier molecular flexibility index (Phi) is 3.86. The number of hydrogen-bond donors (Lipinski definition) is 2. The van der Waals surface area contributed by atoms with Crippen molar-refractivity contribution in [3.05, 3.63) is 54.0 Å².